The molecule has 4 rings (SSSR count). The van der Waals surface area contributed by atoms with Crippen LogP contribution in [0.15, 0.2) is 54.9 Å². The Bertz CT molecular complexity index is 1060. The monoisotopic (exact) mass is 403 g/mol. The van der Waals surface area contributed by atoms with E-state index < -0.39 is 0 Å². The van der Waals surface area contributed by atoms with Gasteiger partial charge in [0.1, 0.15) is 5.65 Å². The molecule has 158 valence electrons. The molecule has 0 unspecified atom stereocenters. The molecule has 3 heterocycles. The fraction of sp³-hybridized carbons (Fsp3) is 0.320. The summed E-state index contributed by atoms with van der Waals surface area (Å²) >= 11 is 0. The van der Waals surface area contributed by atoms with Crippen LogP contribution in [0.5, 0.6) is 0 Å². The van der Waals surface area contributed by atoms with Crippen molar-refractivity contribution in [3.63, 3.8) is 0 Å². The third-order valence-electron chi connectivity index (χ3n) is 4.47. The first kappa shape index (κ1) is 23.1. The molecule has 2 N–H and O–H groups in total. The van der Waals surface area contributed by atoms with E-state index in [2.05, 4.69) is 70.8 Å². The minimum absolute atomic E-state index is 0.259. The van der Waals surface area contributed by atoms with E-state index in [1.807, 2.05) is 33.8 Å². The Balaban J connectivity index is 0.000000757. The van der Waals surface area contributed by atoms with Gasteiger partial charge >= 0.3 is 0 Å². The zero-order chi connectivity index (χ0) is 22.1. The number of rotatable bonds is 4. The van der Waals surface area contributed by atoms with Gasteiger partial charge < -0.3 is 5.73 Å². The number of aromatic nitrogens is 4. The second kappa shape index (κ2) is 11.1. The third-order valence-corrected chi connectivity index (χ3v) is 4.47. The van der Waals surface area contributed by atoms with Gasteiger partial charge in [-0.3, -0.25) is 4.40 Å². The highest BCUT2D eigenvalue weighted by atomic mass is 15.1. The molecular weight excluding hydrogens is 370 g/mol. The summed E-state index contributed by atoms with van der Waals surface area (Å²) < 4.78 is 2.08. The largest absolute Gasteiger partial charge is 0.368 e. The molecule has 0 spiro atoms. The number of nitrogens with two attached hydrogens (primary N) is 1. The van der Waals surface area contributed by atoms with Crippen molar-refractivity contribution in [3.8, 4) is 22.6 Å². The van der Waals surface area contributed by atoms with E-state index >= 15 is 0 Å². The van der Waals surface area contributed by atoms with E-state index in [-0.39, 0.29) is 5.95 Å². The minimum atomic E-state index is 0.259. The fourth-order valence-electron chi connectivity index (χ4n) is 3.19. The first-order chi connectivity index (χ1) is 14.7. The smallest absolute Gasteiger partial charge is 0.220 e. The summed E-state index contributed by atoms with van der Waals surface area (Å²) in [5.41, 5.74) is 12.9. The number of aryl methyl sites for hydroxylation is 2. The summed E-state index contributed by atoms with van der Waals surface area (Å²) in [5.74, 6) is 0.259. The molecular formula is C25H33N5. The van der Waals surface area contributed by atoms with E-state index in [9.17, 15) is 0 Å². The predicted octanol–water partition coefficient (Wildman–Crippen LogP) is 6.35. The average molecular weight is 404 g/mol. The van der Waals surface area contributed by atoms with Crippen molar-refractivity contribution in [2.24, 2.45) is 0 Å². The lowest BCUT2D eigenvalue weighted by Crippen LogP contribution is -1.98. The van der Waals surface area contributed by atoms with Crippen molar-refractivity contribution in [2.75, 3.05) is 5.73 Å². The molecule has 0 saturated heterocycles. The molecule has 1 aromatic carbocycles. The van der Waals surface area contributed by atoms with Gasteiger partial charge in [-0.15, -0.1) is 0 Å². The van der Waals surface area contributed by atoms with Crippen molar-refractivity contribution in [1.82, 2.24) is 19.4 Å². The number of pyridine rings is 1. The molecule has 0 aliphatic carbocycles. The molecule has 4 aromatic rings. The highest BCUT2D eigenvalue weighted by Gasteiger charge is 2.17. The number of hydrogen-bond donors (Lipinski definition) is 1. The molecule has 5 heteroatoms. The quantitative estimate of drug-likeness (QED) is 0.431. The molecule has 3 aromatic heterocycles. The Kier molecular flexibility index (Phi) is 8.54. The standard InChI is InChI=1S/C21H21N5.2C2H6/c1-3-4-15-10-12-26-18(13-15)25-19(16-7-5-14(2)6-8-16)20(26)17-9-11-23-21(22)24-17;2*1-2/h5-13H,3-4H2,1-2H3,(H2,22,23,24);2*1-2H3. The Hall–Kier alpha value is -3.21. The Morgan fingerprint density at radius 3 is 2.27 bits per heavy atom. The normalized spacial score (nSPS) is 10.1. The van der Waals surface area contributed by atoms with Crippen molar-refractivity contribution >= 4 is 11.6 Å². The van der Waals surface area contributed by atoms with Crippen LogP contribution in [-0.4, -0.2) is 19.4 Å². The lowest BCUT2D eigenvalue weighted by molar-refractivity contribution is 0.917. The van der Waals surface area contributed by atoms with Crippen LogP contribution in [0.1, 0.15) is 52.2 Å². The van der Waals surface area contributed by atoms with Crippen molar-refractivity contribution in [1.29, 1.82) is 0 Å². The fourth-order valence-corrected chi connectivity index (χ4v) is 3.19. The van der Waals surface area contributed by atoms with Crippen molar-refractivity contribution in [3.05, 3.63) is 66.0 Å². The van der Waals surface area contributed by atoms with Gasteiger partial charge in [-0.25, -0.2) is 15.0 Å². The second-order valence-corrected chi connectivity index (χ2v) is 6.49. The van der Waals surface area contributed by atoms with Gasteiger partial charge in [0.05, 0.1) is 17.1 Å². The molecule has 0 amide bonds. The zero-order valence-electron chi connectivity index (χ0n) is 19.0. The van der Waals surface area contributed by atoms with Gasteiger partial charge in [0.2, 0.25) is 5.95 Å². The SMILES string of the molecule is CC.CC.CCCc1ccn2c(-c3ccnc(N)n3)c(-c3ccc(C)cc3)nc2c1. The average Bonchev–Trinajstić information content (AvgIpc) is 3.16. The van der Waals surface area contributed by atoms with E-state index in [4.69, 9.17) is 10.7 Å². The maximum Gasteiger partial charge on any atom is 0.220 e. The first-order valence-electron chi connectivity index (χ1n) is 10.8. The summed E-state index contributed by atoms with van der Waals surface area (Å²) in [6.45, 7) is 12.3. The van der Waals surface area contributed by atoms with Crippen LogP contribution in [-0.2, 0) is 6.42 Å². The topological polar surface area (TPSA) is 69.1 Å². The molecule has 0 aliphatic heterocycles. The number of hydrogen-bond acceptors (Lipinski definition) is 4. The Morgan fingerprint density at radius 1 is 0.933 bits per heavy atom. The number of anilines is 1. The van der Waals surface area contributed by atoms with Crippen LogP contribution >= 0.6 is 0 Å². The number of nitrogens with zero attached hydrogens (tertiary/aromatic N) is 4. The van der Waals surface area contributed by atoms with Crippen LogP contribution in [0, 0.1) is 6.92 Å². The van der Waals surface area contributed by atoms with Gasteiger partial charge in [0, 0.05) is 18.0 Å². The van der Waals surface area contributed by atoms with Crippen LogP contribution < -0.4 is 5.73 Å². The van der Waals surface area contributed by atoms with Crippen LogP contribution in [0.2, 0.25) is 0 Å². The second-order valence-electron chi connectivity index (χ2n) is 6.49. The highest BCUT2D eigenvalue weighted by Crippen LogP contribution is 2.32. The highest BCUT2D eigenvalue weighted by molar-refractivity contribution is 5.80. The maximum absolute atomic E-state index is 5.83. The summed E-state index contributed by atoms with van der Waals surface area (Å²) in [7, 11) is 0. The molecule has 0 bridgehead atoms. The number of nitrogen functional groups attached to an aromatic ring is 1. The molecule has 0 radical (unpaired) electrons. The maximum atomic E-state index is 5.83. The van der Waals surface area contributed by atoms with Crippen molar-refractivity contribution < 1.29 is 0 Å². The molecule has 30 heavy (non-hydrogen) atoms. The molecule has 5 nitrogen and oxygen atoms in total. The van der Waals surface area contributed by atoms with E-state index in [0.717, 1.165) is 41.1 Å². The molecule has 0 fully saturated rings. The summed E-state index contributed by atoms with van der Waals surface area (Å²) in [6, 6.07) is 14.5. The molecule has 0 saturated carbocycles. The predicted molar refractivity (Wildman–Crippen MR) is 127 cm³/mol. The van der Waals surface area contributed by atoms with Gasteiger partial charge in [-0.05, 0) is 37.1 Å². The number of fused-ring (bicyclic) bond motifs is 1. The Labute approximate surface area is 180 Å². The summed E-state index contributed by atoms with van der Waals surface area (Å²) in [5, 5.41) is 0. The van der Waals surface area contributed by atoms with Gasteiger partial charge in [-0.2, -0.15) is 0 Å². The lowest BCUT2D eigenvalue weighted by atomic mass is 10.1. The van der Waals surface area contributed by atoms with Crippen LogP contribution in [0.3, 0.4) is 0 Å². The van der Waals surface area contributed by atoms with Gasteiger partial charge in [0.25, 0.3) is 0 Å². The van der Waals surface area contributed by atoms with Gasteiger partial charge in [-0.1, -0.05) is 70.9 Å². The first-order valence-corrected chi connectivity index (χ1v) is 10.8. The van der Waals surface area contributed by atoms with E-state index in [1.165, 1.54) is 11.1 Å². The van der Waals surface area contributed by atoms with Gasteiger partial charge in [0.15, 0.2) is 0 Å². The lowest BCUT2D eigenvalue weighted by Gasteiger charge is -2.06. The summed E-state index contributed by atoms with van der Waals surface area (Å²) in [4.78, 5) is 13.4. The van der Waals surface area contributed by atoms with E-state index in [0.29, 0.717) is 0 Å². The van der Waals surface area contributed by atoms with Crippen LogP contribution in [0.4, 0.5) is 5.95 Å². The number of benzene rings is 1. The molecule has 0 atom stereocenters. The zero-order valence-corrected chi connectivity index (χ0v) is 19.0. The molecule has 0 aliphatic rings. The summed E-state index contributed by atoms with van der Waals surface area (Å²) in [6.07, 6.45) is 5.90. The van der Waals surface area contributed by atoms with E-state index in [1.54, 1.807) is 6.20 Å². The number of imidazole rings is 1. The Morgan fingerprint density at radius 2 is 1.63 bits per heavy atom. The van der Waals surface area contributed by atoms with Crippen molar-refractivity contribution in [2.45, 2.75) is 54.4 Å². The van der Waals surface area contributed by atoms with Crippen LogP contribution in [0.25, 0.3) is 28.3 Å². The minimum Gasteiger partial charge on any atom is -0.368 e. The third kappa shape index (κ3) is 5.03.